The summed E-state index contributed by atoms with van der Waals surface area (Å²) >= 11 is 0. The van der Waals surface area contributed by atoms with E-state index in [0.717, 1.165) is 45.1 Å². The summed E-state index contributed by atoms with van der Waals surface area (Å²) in [6, 6.07) is 0. The topological polar surface area (TPSA) is 32.8 Å². The molecule has 0 aromatic heterocycles. The van der Waals surface area contributed by atoms with Crippen molar-refractivity contribution in [3.8, 4) is 0 Å². The van der Waals surface area contributed by atoms with E-state index < -0.39 is 5.60 Å². The van der Waals surface area contributed by atoms with Gasteiger partial charge >= 0.3 is 0 Å². The van der Waals surface area contributed by atoms with Gasteiger partial charge in [-0.05, 0) is 25.7 Å². The standard InChI is InChI=1S/C11H22O2/c1-3-6-11(12,7-4-2)8-5-10-9-13-10/h10,12H,3-9H2,1-2H3. The third-order valence-corrected chi connectivity index (χ3v) is 2.76. The molecule has 1 aliphatic rings. The second-order valence-corrected chi connectivity index (χ2v) is 4.22. The van der Waals surface area contributed by atoms with E-state index in [2.05, 4.69) is 13.8 Å². The maximum Gasteiger partial charge on any atom is 0.0811 e. The molecule has 78 valence electrons. The average Bonchev–Trinajstić information content (AvgIpc) is 2.85. The van der Waals surface area contributed by atoms with Crippen LogP contribution in [0.1, 0.15) is 52.4 Å². The predicted octanol–water partition coefficient (Wildman–Crippen LogP) is 2.50. The Bertz CT molecular complexity index is 135. The molecule has 0 saturated carbocycles. The molecule has 0 bridgehead atoms. The third kappa shape index (κ3) is 4.10. The fraction of sp³-hybridized carbons (Fsp3) is 1.00. The van der Waals surface area contributed by atoms with Crippen LogP contribution < -0.4 is 0 Å². The molecule has 2 nitrogen and oxygen atoms in total. The van der Waals surface area contributed by atoms with Crippen molar-refractivity contribution in [2.45, 2.75) is 64.1 Å². The van der Waals surface area contributed by atoms with Crippen LogP contribution in [0.25, 0.3) is 0 Å². The molecule has 0 aliphatic carbocycles. The summed E-state index contributed by atoms with van der Waals surface area (Å²) in [6.07, 6.45) is 6.43. The third-order valence-electron chi connectivity index (χ3n) is 2.76. The number of rotatable bonds is 7. The van der Waals surface area contributed by atoms with Gasteiger partial charge in [-0.3, -0.25) is 0 Å². The summed E-state index contributed by atoms with van der Waals surface area (Å²) in [5.41, 5.74) is -0.407. The van der Waals surface area contributed by atoms with Gasteiger partial charge < -0.3 is 9.84 Å². The Morgan fingerprint density at radius 3 is 2.15 bits per heavy atom. The van der Waals surface area contributed by atoms with Gasteiger partial charge in [0.2, 0.25) is 0 Å². The minimum Gasteiger partial charge on any atom is -0.390 e. The van der Waals surface area contributed by atoms with Crippen molar-refractivity contribution in [1.82, 2.24) is 0 Å². The zero-order valence-corrected chi connectivity index (χ0v) is 8.88. The average molecular weight is 186 g/mol. The van der Waals surface area contributed by atoms with Crippen molar-refractivity contribution in [2.75, 3.05) is 6.61 Å². The highest BCUT2D eigenvalue weighted by molar-refractivity contribution is 4.81. The highest BCUT2D eigenvalue weighted by Crippen LogP contribution is 2.28. The van der Waals surface area contributed by atoms with Crippen molar-refractivity contribution in [3.05, 3.63) is 0 Å². The molecule has 1 unspecified atom stereocenters. The van der Waals surface area contributed by atoms with Gasteiger partial charge in [0.15, 0.2) is 0 Å². The summed E-state index contributed by atoms with van der Waals surface area (Å²) in [6.45, 7) is 5.18. The lowest BCUT2D eigenvalue weighted by Crippen LogP contribution is -2.28. The summed E-state index contributed by atoms with van der Waals surface area (Å²) in [7, 11) is 0. The first-order chi connectivity index (χ1) is 6.20. The normalized spacial score (nSPS) is 21.9. The van der Waals surface area contributed by atoms with Crippen LogP contribution in [-0.2, 0) is 4.74 Å². The van der Waals surface area contributed by atoms with Crippen LogP contribution >= 0.6 is 0 Å². The number of hydrogen-bond donors (Lipinski definition) is 1. The lowest BCUT2D eigenvalue weighted by atomic mass is 9.87. The first-order valence-corrected chi connectivity index (χ1v) is 5.54. The van der Waals surface area contributed by atoms with Crippen molar-refractivity contribution in [2.24, 2.45) is 0 Å². The first kappa shape index (κ1) is 11.0. The molecule has 1 saturated heterocycles. The minimum atomic E-state index is -0.407. The molecule has 1 atom stereocenters. The molecule has 1 fully saturated rings. The van der Waals surface area contributed by atoms with Gasteiger partial charge in [-0.15, -0.1) is 0 Å². The Hall–Kier alpha value is -0.0800. The lowest BCUT2D eigenvalue weighted by molar-refractivity contribution is 0.00938. The van der Waals surface area contributed by atoms with Gasteiger partial charge in [-0.25, -0.2) is 0 Å². The largest absolute Gasteiger partial charge is 0.390 e. The molecule has 0 aromatic rings. The number of hydrogen-bond acceptors (Lipinski definition) is 2. The second-order valence-electron chi connectivity index (χ2n) is 4.22. The first-order valence-electron chi connectivity index (χ1n) is 5.54. The monoisotopic (exact) mass is 186 g/mol. The van der Waals surface area contributed by atoms with Crippen LogP contribution in [0, 0.1) is 0 Å². The molecule has 1 aliphatic heterocycles. The van der Waals surface area contributed by atoms with Crippen molar-refractivity contribution in [3.63, 3.8) is 0 Å². The van der Waals surface area contributed by atoms with E-state index in [1.807, 2.05) is 0 Å². The van der Waals surface area contributed by atoms with Gasteiger partial charge in [-0.1, -0.05) is 26.7 Å². The molecule has 2 heteroatoms. The van der Waals surface area contributed by atoms with Gasteiger partial charge in [0, 0.05) is 0 Å². The van der Waals surface area contributed by atoms with Crippen molar-refractivity contribution in [1.29, 1.82) is 0 Å². The van der Waals surface area contributed by atoms with Crippen LogP contribution in [-0.4, -0.2) is 23.4 Å². The zero-order valence-electron chi connectivity index (χ0n) is 8.88. The summed E-state index contributed by atoms with van der Waals surface area (Å²) in [4.78, 5) is 0. The van der Waals surface area contributed by atoms with E-state index >= 15 is 0 Å². The van der Waals surface area contributed by atoms with Crippen molar-refractivity contribution < 1.29 is 9.84 Å². The van der Waals surface area contributed by atoms with E-state index in [1.165, 1.54) is 0 Å². The molecule has 0 radical (unpaired) electrons. The van der Waals surface area contributed by atoms with Gasteiger partial charge in [-0.2, -0.15) is 0 Å². The van der Waals surface area contributed by atoms with E-state index in [1.54, 1.807) is 0 Å². The Labute approximate surface area is 81.3 Å². The Morgan fingerprint density at radius 1 is 1.23 bits per heavy atom. The van der Waals surface area contributed by atoms with Crippen LogP contribution in [0.15, 0.2) is 0 Å². The molecule has 0 amide bonds. The van der Waals surface area contributed by atoms with Crippen LogP contribution in [0.3, 0.4) is 0 Å². The maximum absolute atomic E-state index is 10.2. The SMILES string of the molecule is CCCC(O)(CCC)CCC1CO1. The lowest BCUT2D eigenvalue weighted by Gasteiger charge is -2.27. The fourth-order valence-electron chi connectivity index (χ4n) is 1.97. The van der Waals surface area contributed by atoms with Gasteiger partial charge in [0.25, 0.3) is 0 Å². The number of ether oxygens (including phenoxy) is 1. The summed E-state index contributed by atoms with van der Waals surface area (Å²) < 4.78 is 5.15. The van der Waals surface area contributed by atoms with E-state index in [0.29, 0.717) is 6.10 Å². The van der Waals surface area contributed by atoms with Gasteiger partial charge in [0.05, 0.1) is 18.3 Å². The molecular formula is C11H22O2. The number of aliphatic hydroxyl groups is 1. The number of epoxide rings is 1. The molecular weight excluding hydrogens is 164 g/mol. The van der Waals surface area contributed by atoms with Gasteiger partial charge in [0.1, 0.15) is 0 Å². The smallest absolute Gasteiger partial charge is 0.0811 e. The fourth-order valence-corrected chi connectivity index (χ4v) is 1.97. The Balaban J connectivity index is 2.24. The second kappa shape index (κ2) is 4.97. The van der Waals surface area contributed by atoms with E-state index in [-0.39, 0.29) is 0 Å². The molecule has 1 heterocycles. The van der Waals surface area contributed by atoms with Crippen LogP contribution in [0.2, 0.25) is 0 Å². The molecule has 1 N–H and O–H groups in total. The predicted molar refractivity (Wildman–Crippen MR) is 53.7 cm³/mol. The molecule has 1 rings (SSSR count). The summed E-state index contributed by atoms with van der Waals surface area (Å²) in [5.74, 6) is 0. The van der Waals surface area contributed by atoms with E-state index in [9.17, 15) is 5.11 Å². The highest BCUT2D eigenvalue weighted by Gasteiger charge is 2.29. The quantitative estimate of drug-likeness (QED) is 0.620. The highest BCUT2D eigenvalue weighted by atomic mass is 16.6. The maximum atomic E-state index is 10.2. The Morgan fingerprint density at radius 2 is 1.77 bits per heavy atom. The van der Waals surface area contributed by atoms with Crippen LogP contribution in [0.4, 0.5) is 0 Å². The zero-order chi connectivity index (χ0) is 9.73. The van der Waals surface area contributed by atoms with Crippen LogP contribution in [0.5, 0.6) is 0 Å². The summed E-state index contributed by atoms with van der Waals surface area (Å²) in [5, 5.41) is 10.2. The molecule has 0 spiro atoms. The van der Waals surface area contributed by atoms with Crippen molar-refractivity contribution >= 4 is 0 Å². The minimum absolute atomic E-state index is 0.407. The van der Waals surface area contributed by atoms with E-state index in [4.69, 9.17) is 4.74 Å². The Kier molecular flexibility index (Phi) is 4.20. The molecule has 0 aromatic carbocycles. The molecule has 13 heavy (non-hydrogen) atoms.